The molecule has 3 heterocycles. The van der Waals surface area contributed by atoms with Gasteiger partial charge in [-0.1, -0.05) is 18.1 Å². The number of halogens is 3. The number of fused-ring (bicyclic) bond motifs is 1. The molecule has 3 N–H and O–H groups in total. The minimum Gasteiger partial charge on any atom is -0.382 e. The molecule has 5 aromatic rings. The molecule has 3 aromatic heterocycles. The first kappa shape index (κ1) is 24.5. The Hall–Kier alpha value is -5.24. The summed E-state index contributed by atoms with van der Waals surface area (Å²) in [6, 6.07) is 11.4. The van der Waals surface area contributed by atoms with Gasteiger partial charge in [0.2, 0.25) is 0 Å². The van der Waals surface area contributed by atoms with E-state index in [2.05, 4.69) is 37.1 Å². The quantitative estimate of drug-likeness (QED) is 0.348. The highest BCUT2D eigenvalue weighted by molar-refractivity contribution is 5.79. The van der Waals surface area contributed by atoms with Crippen LogP contribution in [-0.4, -0.2) is 24.5 Å². The molecule has 1 atom stereocenters. The van der Waals surface area contributed by atoms with Crippen molar-refractivity contribution in [3.05, 3.63) is 112 Å². The minimum atomic E-state index is -0.743. The van der Waals surface area contributed by atoms with E-state index in [9.17, 15) is 18.0 Å². The van der Waals surface area contributed by atoms with E-state index in [0.717, 1.165) is 22.9 Å². The van der Waals surface area contributed by atoms with Crippen LogP contribution in [0.5, 0.6) is 0 Å². The summed E-state index contributed by atoms with van der Waals surface area (Å²) >= 11 is 0. The first-order valence-electron chi connectivity index (χ1n) is 11.3. The molecule has 1 unspecified atom stereocenters. The van der Waals surface area contributed by atoms with Crippen LogP contribution in [0.4, 0.5) is 24.8 Å². The van der Waals surface area contributed by atoms with Gasteiger partial charge in [-0.15, -0.1) is 0 Å². The fourth-order valence-electron chi connectivity index (χ4n) is 3.84. The Balaban J connectivity index is 1.62. The molecule has 0 amide bonds. The maximum atomic E-state index is 14.6. The molecule has 0 fully saturated rings. The maximum Gasteiger partial charge on any atom is 0.269 e. The summed E-state index contributed by atoms with van der Waals surface area (Å²) in [5.41, 5.74) is 6.18. The van der Waals surface area contributed by atoms with Gasteiger partial charge in [-0.2, -0.15) is 0 Å². The minimum absolute atomic E-state index is 0.0698. The molecule has 8 nitrogen and oxygen atoms in total. The Morgan fingerprint density at radius 3 is 2.55 bits per heavy atom. The molecule has 0 bridgehead atoms. The summed E-state index contributed by atoms with van der Waals surface area (Å²) in [6.45, 7) is 1.69. The second-order valence-electron chi connectivity index (χ2n) is 8.18. The molecule has 11 heteroatoms. The van der Waals surface area contributed by atoms with Crippen molar-refractivity contribution in [3.63, 3.8) is 0 Å². The van der Waals surface area contributed by atoms with E-state index in [0.29, 0.717) is 5.69 Å². The van der Waals surface area contributed by atoms with Gasteiger partial charge in [-0.3, -0.25) is 9.36 Å². The van der Waals surface area contributed by atoms with Crippen LogP contribution in [-0.2, 0) is 0 Å². The van der Waals surface area contributed by atoms with Crippen LogP contribution in [0, 0.1) is 29.3 Å². The highest BCUT2D eigenvalue weighted by Gasteiger charge is 2.21. The Morgan fingerprint density at radius 2 is 1.79 bits per heavy atom. The summed E-state index contributed by atoms with van der Waals surface area (Å²) in [4.78, 5) is 30.1. The van der Waals surface area contributed by atoms with Gasteiger partial charge in [0.05, 0.1) is 23.4 Å². The lowest BCUT2D eigenvalue weighted by Crippen LogP contribution is -2.28. The second kappa shape index (κ2) is 10.0. The molecule has 38 heavy (non-hydrogen) atoms. The Bertz CT molecular complexity index is 1790. The van der Waals surface area contributed by atoms with Gasteiger partial charge in [-0.05, 0) is 55.3 Å². The third-order valence-electron chi connectivity index (χ3n) is 5.60. The first-order valence-corrected chi connectivity index (χ1v) is 11.3. The fourth-order valence-corrected chi connectivity index (χ4v) is 3.84. The van der Waals surface area contributed by atoms with Crippen molar-refractivity contribution >= 4 is 22.5 Å². The smallest absolute Gasteiger partial charge is 0.269 e. The average molecular weight is 513 g/mol. The Labute approximate surface area is 214 Å². The largest absolute Gasteiger partial charge is 0.382 e. The van der Waals surface area contributed by atoms with E-state index in [1.165, 1.54) is 48.8 Å². The van der Waals surface area contributed by atoms with Crippen LogP contribution in [0.3, 0.4) is 0 Å². The molecular weight excluding hydrogens is 495 g/mol. The van der Waals surface area contributed by atoms with E-state index in [4.69, 9.17) is 5.73 Å². The molecule has 188 valence electrons. The van der Waals surface area contributed by atoms with Crippen molar-refractivity contribution in [2.24, 2.45) is 0 Å². The van der Waals surface area contributed by atoms with Gasteiger partial charge in [0.1, 0.15) is 57.9 Å². The highest BCUT2D eigenvalue weighted by atomic mass is 19.1. The normalized spacial score (nSPS) is 11.6. The lowest BCUT2D eigenvalue weighted by molar-refractivity contribution is 0.621. The van der Waals surface area contributed by atoms with Crippen LogP contribution in [0.15, 0.2) is 71.9 Å². The van der Waals surface area contributed by atoms with Crippen molar-refractivity contribution in [3.8, 4) is 17.5 Å². The standard InChI is InChI=1S/C27H18F3N7O/c1-15(35-25-20(24(31)33-14-34-25)11-10-18-9-8-17(29)13-32-18)26-36-22-7-3-6-21(30)23(22)27(38)37(26)19-5-2-4-16(28)12-19/h2-9,12-15H,1H3,(H3,31,33,34,35). The number of nitrogens with two attached hydrogens (primary N) is 1. The predicted molar refractivity (Wildman–Crippen MR) is 136 cm³/mol. The summed E-state index contributed by atoms with van der Waals surface area (Å²) in [5.74, 6) is 4.26. The van der Waals surface area contributed by atoms with Crippen LogP contribution in [0.2, 0.25) is 0 Å². The number of rotatable bonds is 4. The number of nitrogens with zero attached hydrogens (tertiary/aromatic N) is 5. The predicted octanol–water partition coefficient (Wildman–Crippen LogP) is 4.14. The SMILES string of the molecule is CC(Nc1ncnc(N)c1C#Cc1ccc(F)cn1)c1nc2cccc(F)c2c(=O)n1-c1cccc(F)c1. The number of benzene rings is 2. The van der Waals surface area contributed by atoms with Crippen LogP contribution in [0.1, 0.15) is 30.0 Å². The molecule has 0 saturated heterocycles. The number of pyridine rings is 1. The highest BCUT2D eigenvalue weighted by Crippen LogP contribution is 2.25. The van der Waals surface area contributed by atoms with Gasteiger partial charge >= 0.3 is 0 Å². The van der Waals surface area contributed by atoms with E-state index in [1.54, 1.807) is 6.92 Å². The molecule has 0 radical (unpaired) electrons. The van der Waals surface area contributed by atoms with Crippen molar-refractivity contribution in [1.82, 2.24) is 24.5 Å². The van der Waals surface area contributed by atoms with Crippen LogP contribution >= 0.6 is 0 Å². The van der Waals surface area contributed by atoms with Crippen molar-refractivity contribution in [2.45, 2.75) is 13.0 Å². The number of aromatic nitrogens is 5. The maximum absolute atomic E-state index is 14.6. The van der Waals surface area contributed by atoms with Gasteiger partial charge < -0.3 is 11.1 Å². The van der Waals surface area contributed by atoms with E-state index in [-0.39, 0.29) is 39.6 Å². The Morgan fingerprint density at radius 1 is 0.974 bits per heavy atom. The number of nitrogens with one attached hydrogen (secondary N) is 1. The van der Waals surface area contributed by atoms with Crippen LogP contribution < -0.4 is 16.6 Å². The lowest BCUT2D eigenvalue weighted by atomic mass is 10.2. The summed E-state index contributed by atoms with van der Waals surface area (Å²) < 4.78 is 43.1. The van der Waals surface area contributed by atoms with Gasteiger partial charge in [0.15, 0.2) is 0 Å². The van der Waals surface area contributed by atoms with Gasteiger partial charge in [-0.25, -0.2) is 33.1 Å². The van der Waals surface area contributed by atoms with Gasteiger partial charge in [0, 0.05) is 0 Å². The topological polar surface area (TPSA) is 112 Å². The van der Waals surface area contributed by atoms with Crippen molar-refractivity contribution in [1.29, 1.82) is 0 Å². The van der Waals surface area contributed by atoms with Crippen molar-refractivity contribution in [2.75, 3.05) is 11.1 Å². The zero-order valence-electron chi connectivity index (χ0n) is 19.8. The molecule has 5 rings (SSSR count). The third-order valence-corrected chi connectivity index (χ3v) is 5.60. The molecular formula is C27H18F3N7O. The summed E-state index contributed by atoms with van der Waals surface area (Å²) in [6.07, 6.45) is 2.27. The number of anilines is 2. The van der Waals surface area contributed by atoms with Gasteiger partial charge in [0.25, 0.3) is 5.56 Å². The zero-order chi connectivity index (χ0) is 26.8. The Kier molecular flexibility index (Phi) is 6.45. The van der Waals surface area contributed by atoms with E-state index < -0.39 is 29.1 Å². The zero-order valence-corrected chi connectivity index (χ0v) is 19.8. The second-order valence-corrected chi connectivity index (χ2v) is 8.18. The number of hydrogen-bond acceptors (Lipinski definition) is 7. The fraction of sp³-hybridized carbons (Fsp3) is 0.0741. The summed E-state index contributed by atoms with van der Waals surface area (Å²) in [7, 11) is 0. The average Bonchev–Trinajstić information content (AvgIpc) is 2.89. The van der Waals surface area contributed by atoms with Crippen LogP contribution in [0.25, 0.3) is 16.6 Å². The monoisotopic (exact) mass is 513 g/mol. The molecule has 0 spiro atoms. The summed E-state index contributed by atoms with van der Waals surface area (Å²) in [5, 5.41) is 2.90. The first-order chi connectivity index (χ1) is 18.3. The van der Waals surface area contributed by atoms with E-state index >= 15 is 0 Å². The molecule has 0 aliphatic heterocycles. The molecule has 0 aliphatic carbocycles. The van der Waals surface area contributed by atoms with Crippen molar-refractivity contribution < 1.29 is 13.2 Å². The third kappa shape index (κ3) is 4.75. The number of hydrogen-bond donors (Lipinski definition) is 2. The molecule has 0 aliphatic rings. The molecule has 0 saturated carbocycles. The number of nitrogen functional groups attached to an aromatic ring is 1. The lowest BCUT2D eigenvalue weighted by Gasteiger charge is -2.21. The molecule has 2 aromatic carbocycles. The van der Waals surface area contributed by atoms with E-state index in [1.807, 2.05) is 0 Å².